The number of nitrogens with zero attached hydrogens (tertiary/aromatic N) is 1. The van der Waals surface area contributed by atoms with E-state index in [1.165, 1.54) is 19.6 Å². The van der Waals surface area contributed by atoms with Gasteiger partial charge in [-0.05, 0) is 60.2 Å². The van der Waals surface area contributed by atoms with E-state index in [9.17, 15) is 14.4 Å². The first-order valence-electron chi connectivity index (χ1n) is 9.94. The van der Waals surface area contributed by atoms with Crippen molar-refractivity contribution < 1.29 is 28.3 Å². The molecule has 34 heavy (non-hydrogen) atoms. The standard InChI is InChI=1S/C23H21ClN4O6/c1-32-20-11-15(12-26-28-23(31)22(30)25-13-18-3-2-10-33-18)4-9-19(20)34-14-21(29)27-17-7-5-16(24)6-8-17/h2-12H,13-14H2,1H3,(H,25,30)(H,27,29)(H,28,31)/b26-12-. The molecule has 0 aliphatic heterocycles. The Morgan fingerprint density at radius 1 is 1.06 bits per heavy atom. The Kier molecular flexibility index (Phi) is 8.64. The Morgan fingerprint density at radius 2 is 1.85 bits per heavy atom. The minimum Gasteiger partial charge on any atom is -0.493 e. The third-order valence-electron chi connectivity index (χ3n) is 4.26. The zero-order chi connectivity index (χ0) is 24.3. The Labute approximate surface area is 199 Å². The van der Waals surface area contributed by atoms with Crippen LogP contribution < -0.4 is 25.5 Å². The number of furan rings is 1. The maximum absolute atomic E-state index is 12.1. The fraction of sp³-hybridized carbons (Fsp3) is 0.130. The molecule has 0 aliphatic rings. The molecule has 0 saturated heterocycles. The zero-order valence-electron chi connectivity index (χ0n) is 18.0. The topological polar surface area (TPSA) is 131 Å². The van der Waals surface area contributed by atoms with Crippen molar-refractivity contribution in [3.63, 3.8) is 0 Å². The summed E-state index contributed by atoms with van der Waals surface area (Å²) in [5.41, 5.74) is 3.29. The second kappa shape index (κ2) is 12.1. The number of halogens is 1. The molecule has 3 N–H and O–H groups in total. The minimum atomic E-state index is -0.929. The monoisotopic (exact) mass is 484 g/mol. The van der Waals surface area contributed by atoms with E-state index in [0.29, 0.717) is 33.5 Å². The molecular weight excluding hydrogens is 464 g/mol. The number of nitrogens with one attached hydrogen (secondary N) is 3. The molecule has 176 valence electrons. The van der Waals surface area contributed by atoms with Crippen molar-refractivity contribution in [1.29, 1.82) is 0 Å². The van der Waals surface area contributed by atoms with Gasteiger partial charge in [0.05, 0.1) is 26.1 Å². The molecule has 1 heterocycles. The number of benzene rings is 2. The summed E-state index contributed by atoms with van der Waals surface area (Å²) in [5, 5.41) is 9.42. The summed E-state index contributed by atoms with van der Waals surface area (Å²) in [6.45, 7) is -0.158. The Balaban J connectivity index is 1.48. The number of methoxy groups -OCH3 is 1. The highest BCUT2D eigenvalue weighted by Crippen LogP contribution is 2.27. The van der Waals surface area contributed by atoms with Crippen LogP contribution in [0.4, 0.5) is 5.69 Å². The number of hydrogen-bond donors (Lipinski definition) is 3. The molecule has 0 saturated carbocycles. The van der Waals surface area contributed by atoms with Gasteiger partial charge in [0.1, 0.15) is 5.76 Å². The largest absolute Gasteiger partial charge is 0.493 e. The summed E-state index contributed by atoms with van der Waals surface area (Å²) in [6, 6.07) is 14.9. The Bertz CT molecular complexity index is 1160. The summed E-state index contributed by atoms with van der Waals surface area (Å²) in [4.78, 5) is 35.7. The number of hydrazone groups is 1. The molecule has 10 nitrogen and oxygen atoms in total. The quantitative estimate of drug-likeness (QED) is 0.243. The van der Waals surface area contributed by atoms with Gasteiger partial charge in [0, 0.05) is 10.7 Å². The van der Waals surface area contributed by atoms with Gasteiger partial charge in [-0.25, -0.2) is 5.43 Å². The van der Waals surface area contributed by atoms with Crippen LogP contribution in [-0.2, 0) is 20.9 Å². The third kappa shape index (κ3) is 7.38. The average Bonchev–Trinajstić information content (AvgIpc) is 3.36. The highest BCUT2D eigenvalue weighted by Gasteiger charge is 2.13. The second-order valence-corrected chi connectivity index (χ2v) is 7.15. The Morgan fingerprint density at radius 3 is 2.56 bits per heavy atom. The van der Waals surface area contributed by atoms with Crippen LogP contribution in [0.25, 0.3) is 0 Å². The number of carbonyl (C=O) groups excluding carboxylic acids is 3. The molecule has 0 unspecified atom stereocenters. The fourth-order valence-corrected chi connectivity index (χ4v) is 2.76. The number of ether oxygens (including phenoxy) is 2. The van der Waals surface area contributed by atoms with E-state index < -0.39 is 11.8 Å². The van der Waals surface area contributed by atoms with Crippen LogP contribution in [0.15, 0.2) is 70.4 Å². The Hall–Kier alpha value is -4.31. The van der Waals surface area contributed by atoms with Crippen LogP contribution in [0.1, 0.15) is 11.3 Å². The van der Waals surface area contributed by atoms with Crippen molar-refractivity contribution >= 4 is 41.2 Å². The van der Waals surface area contributed by atoms with E-state index in [2.05, 4.69) is 21.2 Å². The summed E-state index contributed by atoms with van der Waals surface area (Å²) in [5.74, 6) is -0.934. The number of anilines is 1. The van der Waals surface area contributed by atoms with Gasteiger partial charge in [0.2, 0.25) is 0 Å². The maximum Gasteiger partial charge on any atom is 0.329 e. The van der Waals surface area contributed by atoms with Crippen LogP contribution >= 0.6 is 11.6 Å². The number of carbonyl (C=O) groups is 3. The highest BCUT2D eigenvalue weighted by molar-refractivity contribution is 6.35. The van der Waals surface area contributed by atoms with E-state index in [1.54, 1.807) is 54.6 Å². The van der Waals surface area contributed by atoms with Crippen LogP contribution in [0.2, 0.25) is 5.02 Å². The molecule has 11 heteroatoms. The van der Waals surface area contributed by atoms with Crippen LogP contribution in [0.5, 0.6) is 11.5 Å². The first-order chi connectivity index (χ1) is 16.4. The molecule has 0 aliphatic carbocycles. The van der Waals surface area contributed by atoms with Gasteiger partial charge in [-0.2, -0.15) is 5.10 Å². The van der Waals surface area contributed by atoms with Gasteiger partial charge < -0.3 is 24.5 Å². The van der Waals surface area contributed by atoms with Gasteiger partial charge in [-0.3, -0.25) is 14.4 Å². The van der Waals surface area contributed by atoms with E-state index in [0.717, 1.165) is 0 Å². The van der Waals surface area contributed by atoms with Crippen molar-refractivity contribution in [1.82, 2.24) is 10.7 Å². The first-order valence-corrected chi connectivity index (χ1v) is 10.3. The van der Waals surface area contributed by atoms with E-state index in [4.69, 9.17) is 25.5 Å². The normalized spacial score (nSPS) is 10.5. The molecule has 0 fully saturated rings. The lowest BCUT2D eigenvalue weighted by Gasteiger charge is -2.11. The van der Waals surface area contributed by atoms with Crippen molar-refractivity contribution in [2.24, 2.45) is 5.10 Å². The van der Waals surface area contributed by atoms with Gasteiger partial charge >= 0.3 is 11.8 Å². The fourth-order valence-electron chi connectivity index (χ4n) is 2.63. The first kappa shape index (κ1) is 24.3. The summed E-state index contributed by atoms with van der Waals surface area (Å²) in [6.07, 6.45) is 2.80. The summed E-state index contributed by atoms with van der Waals surface area (Å²) in [7, 11) is 1.45. The average molecular weight is 485 g/mol. The molecule has 1 aromatic heterocycles. The van der Waals surface area contributed by atoms with Gasteiger partial charge in [0.15, 0.2) is 18.1 Å². The molecular formula is C23H21ClN4O6. The lowest BCUT2D eigenvalue weighted by Crippen LogP contribution is -2.37. The van der Waals surface area contributed by atoms with Gasteiger partial charge in [-0.15, -0.1) is 0 Å². The smallest absolute Gasteiger partial charge is 0.329 e. The van der Waals surface area contributed by atoms with Crippen molar-refractivity contribution in [3.8, 4) is 11.5 Å². The van der Waals surface area contributed by atoms with Crippen molar-refractivity contribution in [3.05, 3.63) is 77.2 Å². The second-order valence-electron chi connectivity index (χ2n) is 6.72. The third-order valence-corrected chi connectivity index (χ3v) is 4.52. The summed E-state index contributed by atoms with van der Waals surface area (Å²) < 4.78 is 15.9. The minimum absolute atomic E-state index is 0.0827. The molecule has 3 amide bonds. The molecule has 3 rings (SSSR count). The number of rotatable bonds is 9. The van der Waals surface area contributed by atoms with Crippen molar-refractivity contribution in [2.45, 2.75) is 6.54 Å². The van der Waals surface area contributed by atoms with Crippen LogP contribution in [0, 0.1) is 0 Å². The molecule has 2 aromatic carbocycles. The molecule has 3 aromatic rings. The van der Waals surface area contributed by atoms with Crippen LogP contribution in [-0.4, -0.2) is 37.7 Å². The van der Waals surface area contributed by atoms with E-state index in [-0.39, 0.29) is 19.1 Å². The van der Waals surface area contributed by atoms with Gasteiger partial charge in [0.25, 0.3) is 5.91 Å². The SMILES string of the molecule is COc1cc(/C=N\NC(=O)C(=O)NCc2ccco2)ccc1OCC(=O)Nc1ccc(Cl)cc1. The zero-order valence-corrected chi connectivity index (χ0v) is 18.8. The number of amides is 3. The van der Waals surface area contributed by atoms with Crippen LogP contribution in [0.3, 0.4) is 0 Å². The number of hydrogen-bond acceptors (Lipinski definition) is 7. The maximum atomic E-state index is 12.1. The van der Waals surface area contributed by atoms with E-state index >= 15 is 0 Å². The lowest BCUT2D eigenvalue weighted by atomic mass is 10.2. The predicted octanol–water partition coefficient (Wildman–Crippen LogP) is 2.73. The molecule has 0 atom stereocenters. The molecule has 0 spiro atoms. The molecule has 0 radical (unpaired) electrons. The predicted molar refractivity (Wildman–Crippen MR) is 125 cm³/mol. The lowest BCUT2D eigenvalue weighted by molar-refractivity contribution is -0.139. The summed E-state index contributed by atoms with van der Waals surface area (Å²) >= 11 is 5.82. The van der Waals surface area contributed by atoms with Crippen molar-refractivity contribution in [2.75, 3.05) is 19.0 Å². The molecule has 0 bridgehead atoms. The highest BCUT2D eigenvalue weighted by atomic mass is 35.5. The van der Waals surface area contributed by atoms with Gasteiger partial charge in [-0.1, -0.05) is 11.6 Å². The van der Waals surface area contributed by atoms with E-state index in [1.807, 2.05) is 0 Å².